The van der Waals surface area contributed by atoms with Crippen LogP contribution in [-0.2, 0) is 5.41 Å². The van der Waals surface area contributed by atoms with Crippen LogP contribution in [0.15, 0.2) is 18.2 Å². The standard InChI is InChI=1S/C20H28N2O2/c1-5-6-7-9-16(2)20(15-22,12-8-13-21)17-10-11-18(23-3)19(14-17)24-4/h10-11,14,16H,5-9,12H2,1-4H3. The van der Waals surface area contributed by atoms with Gasteiger partial charge in [0.05, 0.1) is 31.8 Å². The molecule has 130 valence electrons. The predicted molar refractivity (Wildman–Crippen MR) is 95.0 cm³/mol. The van der Waals surface area contributed by atoms with Gasteiger partial charge in [0, 0.05) is 6.42 Å². The largest absolute Gasteiger partial charge is 0.493 e. The highest BCUT2D eigenvalue weighted by Gasteiger charge is 2.38. The molecule has 0 aliphatic carbocycles. The Morgan fingerprint density at radius 3 is 2.38 bits per heavy atom. The molecule has 0 amide bonds. The second-order valence-corrected chi connectivity index (χ2v) is 6.21. The summed E-state index contributed by atoms with van der Waals surface area (Å²) in [6.07, 6.45) is 5.28. The summed E-state index contributed by atoms with van der Waals surface area (Å²) in [5.41, 5.74) is 0.227. The number of benzene rings is 1. The summed E-state index contributed by atoms with van der Waals surface area (Å²) in [5, 5.41) is 19.1. The first-order valence-corrected chi connectivity index (χ1v) is 8.60. The monoisotopic (exact) mass is 328 g/mol. The van der Waals surface area contributed by atoms with E-state index in [2.05, 4.69) is 26.0 Å². The Morgan fingerprint density at radius 1 is 1.12 bits per heavy atom. The van der Waals surface area contributed by atoms with Crippen LogP contribution in [0, 0.1) is 28.6 Å². The van der Waals surface area contributed by atoms with E-state index in [1.54, 1.807) is 14.2 Å². The van der Waals surface area contributed by atoms with Crippen molar-refractivity contribution in [2.75, 3.05) is 14.2 Å². The predicted octanol–water partition coefficient (Wildman–Crippen LogP) is 4.99. The third kappa shape index (κ3) is 4.42. The average Bonchev–Trinajstić information content (AvgIpc) is 2.62. The van der Waals surface area contributed by atoms with Gasteiger partial charge in [0.2, 0.25) is 0 Å². The zero-order chi connectivity index (χ0) is 18.0. The molecule has 1 aromatic carbocycles. The molecule has 2 unspecified atom stereocenters. The lowest BCUT2D eigenvalue weighted by Gasteiger charge is -2.33. The van der Waals surface area contributed by atoms with Crippen molar-refractivity contribution in [1.29, 1.82) is 10.5 Å². The van der Waals surface area contributed by atoms with Crippen molar-refractivity contribution in [2.24, 2.45) is 5.92 Å². The summed E-state index contributed by atoms with van der Waals surface area (Å²) < 4.78 is 10.7. The van der Waals surface area contributed by atoms with E-state index in [0.29, 0.717) is 24.3 Å². The van der Waals surface area contributed by atoms with Crippen LogP contribution in [0.1, 0.15) is 57.9 Å². The zero-order valence-electron chi connectivity index (χ0n) is 15.3. The molecular formula is C20H28N2O2. The van der Waals surface area contributed by atoms with E-state index < -0.39 is 5.41 Å². The van der Waals surface area contributed by atoms with Crippen LogP contribution in [-0.4, -0.2) is 14.2 Å². The Balaban J connectivity index is 3.26. The Morgan fingerprint density at radius 2 is 1.83 bits per heavy atom. The fraction of sp³-hybridized carbons (Fsp3) is 0.600. The molecule has 0 heterocycles. The van der Waals surface area contributed by atoms with Crippen LogP contribution in [0.5, 0.6) is 11.5 Å². The second kappa shape index (κ2) is 9.83. The number of methoxy groups -OCH3 is 2. The lowest BCUT2D eigenvalue weighted by Crippen LogP contribution is -2.32. The van der Waals surface area contributed by atoms with E-state index in [9.17, 15) is 5.26 Å². The van der Waals surface area contributed by atoms with Crippen molar-refractivity contribution < 1.29 is 9.47 Å². The molecule has 0 N–H and O–H groups in total. The molecule has 4 heteroatoms. The molecule has 1 aromatic rings. The van der Waals surface area contributed by atoms with E-state index in [1.807, 2.05) is 18.2 Å². The fourth-order valence-corrected chi connectivity index (χ4v) is 3.22. The van der Waals surface area contributed by atoms with Crippen LogP contribution < -0.4 is 9.47 Å². The summed E-state index contributed by atoms with van der Waals surface area (Å²) in [5.74, 6) is 1.43. The van der Waals surface area contributed by atoms with Gasteiger partial charge >= 0.3 is 0 Å². The summed E-state index contributed by atoms with van der Waals surface area (Å²) in [6, 6.07) is 10.4. The van der Waals surface area contributed by atoms with Gasteiger partial charge in [-0.2, -0.15) is 10.5 Å². The maximum Gasteiger partial charge on any atom is 0.161 e. The number of hydrogen-bond acceptors (Lipinski definition) is 4. The second-order valence-electron chi connectivity index (χ2n) is 6.21. The van der Waals surface area contributed by atoms with Crippen molar-refractivity contribution in [1.82, 2.24) is 0 Å². The van der Waals surface area contributed by atoms with Gasteiger partial charge < -0.3 is 9.47 Å². The van der Waals surface area contributed by atoms with Crippen LogP contribution in [0.25, 0.3) is 0 Å². The van der Waals surface area contributed by atoms with Gasteiger partial charge in [-0.3, -0.25) is 0 Å². The maximum atomic E-state index is 10.0. The molecule has 0 bridgehead atoms. The number of nitrogens with zero attached hydrogens (tertiary/aromatic N) is 2. The molecule has 24 heavy (non-hydrogen) atoms. The molecule has 0 spiro atoms. The van der Waals surface area contributed by atoms with Crippen molar-refractivity contribution in [2.45, 2.75) is 57.8 Å². The maximum absolute atomic E-state index is 10.0. The molecule has 0 saturated heterocycles. The molecule has 0 aliphatic heterocycles. The third-order valence-electron chi connectivity index (χ3n) is 4.81. The minimum Gasteiger partial charge on any atom is -0.493 e. The van der Waals surface area contributed by atoms with Gasteiger partial charge in [0.25, 0.3) is 0 Å². The molecular weight excluding hydrogens is 300 g/mol. The lowest BCUT2D eigenvalue weighted by molar-refractivity contribution is 0.314. The Bertz CT molecular complexity index is 601. The number of rotatable bonds is 10. The first-order chi connectivity index (χ1) is 11.6. The SMILES string of the molecule is CCCCCC(C)C(C#N)(CCC#N)c1ccc(OC)c(OC)c1. The van der Waals surface area contributed by atoms with E-state index in [0.717, 1.165) is 31.2 Å². The number of unbranched alkanes of at least 4 members (excludes halogenated alkanes) is 2. The molecule has 1 rings (SSSR count). The normalized spacial score (nSPS) is 14.1. The van der Waals surface area contributed by atoms with Crippen LogP contribution >= 0.6 is 0 Å². The highest BCUT2D eigenvalue weighted by molar-refractivity contribution is 5.47. The van der Waals surface area contributed by atoms with E-state index in [1.165, 1.54) is 0 Å². The molecule has 4 nitrogen and oxygen atoms in total. The lowest BCUT2D eigenvalue weighted by atomic mass is 9.67. The molecule has 0 aromatic heterocycles. The van der Waals surface area contributed by atoms with E-state index >= 15 is 0 Å². The first-order valence-electron chi connectivity index (χ1n) is 8.60. The summed E-state index contributed by atoms with van der Waals surface area (Å²) >= 11 is 0. The summed E-state index contributed by atoms with van der Waals surface area (Å²) in [7, 11) is 3.19. The smallest absolute Gasteiger partial charge is 0.161 e. The molecule has 0 aliphatic rings. The van der Waals surface area contributed by atoms with Gasteiger partial charge in [0.1, 0.15) is 0 Å². The van der Waals surface area contributed by atoms with Crippen LogP contribution in [0.4, 0.5) is 0 Å². The van der Waals surface area contributed by atoms with Crippen molar-refractivity contribution in [3.8, 4) is 23.6 Å². The Kier molecular flexibility index (Phi) is 8.13. The molecule has 2 atom stereocenters. The number of nitriles is 2. The zero-order valence-corrected chi connectivity index (χ0v) is 15.3. The topological polar surface area (TPSA) is 66.0 Å². The fourth-order valence-electron chi connectivity index (χ4n) is 3.22. The Hall–Kier alpha value is -2.20. The van der Waals surface area contributed by atoms with Gasteiger partial charge in [-0.25, -0.2) is 0 Å². The van der Waals surface area contributed by atoms with Gasteiger partial charge in [-0.05, 0) is 36.5 Å². The van der Waals surface area contributed by atoms with Crippen molar-refractivity contribution in [3.05, 3.63) is 23.8 Å². The highest BCUT2D eigenvalue weighted by atomic mass is 16.5. The molecule has 0 saturated carbocycles. The van der Waals surface area contributed by atoms with Crippen LogP contribution in [0.2, 0.25) is 0 Å². The first kappa shape index (κ1) is 19.8. The number of ether oxygens (including phenoxy) is 2. The third-order valence-corrected chi connectivity index (χ3v) is 4.81. The number of hydrogen-bond donors (Lipinski definition) is 0. The van der Waals surface area contributed by atoms with Crippen molar-refractivity contribution in [3.63, 3.8) is 0 Å². The summed E-state index contributed by atoms with van der Waals surface area (Å²) in [4.78, 5) is 0. The van der Waals surface area contributed by atoms with E-state index in [-0.39, 0.29) is 5.92 Å². The minimum atomic E-state index is -0.678. The quantitative estimate of drug-likeness (QED) is 0.568. The van der Waals surface area contributed by atoms with Crippen LogP contribution in [0.3, 0.4) is 0 Å². The summed E-state index contributed by atoms with van der Waals surface area (Å²) in [6.45, 7) is 4.29. The molecule has 0 fully saturated rings. The van der Waals surface area contributed by atoms with E-state index in [4.69, 9.17) is 14.7 Å². The minimum absolute atomic E-state index is 0.167. The van der Waals surface area contributed by atoms with Gasteiger partial charge in [0.15, 0.2) is 11.5 Å². The Labute approximate surface area is 146 Å². The highest BCUT2D eigenvalue weighted by Crippen LogP contribution is 2.42. The van der Waals surface area contributed by atoms with Gasteiger partial charge in [-0.1, -0.05) is 39.2 Å². The molecule has 0 radical (unpaired) electrons. The van der Waals surface area contributed by atoms with Crippen molar-refractivity contribution >= 4 is 0 Å². The average molecular weight is 328 g/mol. The van der Waals surface area contributed by atoms with Gasteiger partial charge in [-0.15, -0.1) is 0 Å².